The van der Waals surface area contributed by atoms with Gasteiger partial charge in [-0.25, -0.2) is 4.39 Å². The normalized spacial score (nSPS) is 12.0. The van der Waals surface area contributed by atoms with E-state index in [0.29, 0.717) is 5.75 Å². The standard InChI is InChI=1S/C11H13ClFNO3/c1-7(5-15)14-11(16)6-17-8-2-3-10(13)9(12)4-8/h2-4,7,15H,5-6H2,1H3,(H,14,16). The van der Waals surface area contributed by atoms with Crippen LogP contribution in [0.2, 0.25) is 5.02 Å². The molecule has 4 nitrogen and oxygen atoms in total. The molecule has 94 valence electrons. The molecule has 2 N–H and O–H groups in total. The Kier molecular flexibility index (Phi) is 5.18. The zero-order valence-corrected chi connectivity index (χ0v) is 10.00. The van der Waals surface area contributed by atoms with Gasteiger partial charge in [0, 0.05) is 12.1 Å². The maximum absolute atomic E-state index is 12.8. The van der Waals surface area contributed by atoms with Crippen molar-refractivity contribution in [3.8, 4) is 5.75 Å². The second-order valence-electron chi connectivity index (χ2n) is 3.52. The highest BCUT2D eigenvalue weighted by molar-refractivity contribution is 6.30. The summed E-state index contributed by atoms with van der Waals surface area (Å²) >= 11 is 5.55. The molecule has 1 rings (SSSR count). The lowest BCUT2D eigenvalue weighted by Crippen LogP contribution is -2.38. The van der Waals surface area contributed by atoms with Gasteiger partial charge in [-0.1, -0.05) is 11.6 Å². The average Bonchev–Trinajstić information content (AvgIpc) is 2.30. The number of hydrogen-bond donors (Lipinski definition) is 2. The molecule has 1 aromatic carbocycles. The van der Waals surface area contributed by atoms with Crippen LogP contribution in [0, 0.1) is 5.82 Å². The number of nitrogens with one attached hydrogen (secondary N) is 1. The van der Waals surface area contributed by atoms with Gasteiger partial charge in [0.25, 0.3) is 5.91 Å². The van der Waals surface area contributed by atoms with Crippen molar-refractivity contribution in [2.45, 2.75) is 13.0 Å². The van der Waals surface area contributed by atoms with Crippen LogP contribution in [0.15, 0.2) is 18.2 Å². The van der Waals surface area contributed by atoms with E-state index >= 15 is 0 Å². The highest BCUT2D eigenvalue weighted by atomic mass is 35.5. The maximum atomic E-state index is 12.8. The number of benzene rings is 1. The molecule has 0 heterocycles. The van der Waals surface area contributed by atoms with Gasteiger partial charge in [0.1, 0.15) is 11.6 Å². The molecular formula is C11H13ClFNO3. The minimum Gasteiger partial charge on any atom is -0.484 e. The van der Waals surface area contributed by atoms with Crippen molar-refractivity contribution in [2.75, 3.05) is 13.2 Å². The van der Waals surface area contributed by atoms with Gasteiger partial charge in [-0.3, -0.25) is 4.79 Å². The molecule has 1 amide bonds. The molecule has 0 bridgehead atoms. The summed E-state index contributed by atoms with van der Waals surface area (Å²) < 4.78 is 17.9. The summed E-state index contributed by atoms with van der Waals surface area (Å²) in [5.41, 5.74) is 0. The molecule has 0 spiro atoms. The molecule has 6 heteroatoms. The van der Waals surface area contributed by atoms with Crippen LogP contribution in [0.5, 0.6) is 5.75 Å². The lowest BCUT2D eigenvalue weighted by atomic mass is 10.3. The van der Waals surface area contributed by atoms with Gasteiger partial charge in [0.15, 0.2) is 6.61 Å². The first-order valence-corrected chi connectivity index (χ1v) is 5.38. The van der Waals surface area contributed by atoms with E-state index in [9.17, 15) is 9.18 Å². The molecule has 0 fully saturated rings. The van der Waals surface area contributed by atoms with Crippen LogP contribution in [0.4, 0.5) is 4.39 Å². The van der Waals surface area contributed by atoms with E-state index in [4.69, 9.17) is 21.4 Å². The lowest BCUT2D eigenvalue weighted by molar-refractivity contribution is -0.123. The predicted molar refractivity (Wildman–Crippen MR) is 61.6 cm³/mol. The number of rotatable bonds is 5. The second kappa shape index (κ2) is 6.42. The Morgan fingerprint density at radius 2 is 2.35 bits per heavy atom. The number of carbonyl (C=O) groups is 1. The summed E-state index contributed by atoms with van der Waals surface area (Å²) in [6.07, 6.45) is 0. The van der Waals surface area contributed by atoms with E-state index in [2.05, 4.69) is 5.32 Å². The summed E-state index contributed by atoms with van der Waals surface area (Å²) in [5, 5.41) is 11.2. The SMILES string of the molecule is CC(CO)NC(=O)COc1ccc(F)c(Cl)c1. The van der Waals surface area contributed by atoms with Crippen molar-refractivity contribution in [3.63, 3.8) is 0 Å². The Balaban J connectivity index is 2.45. The van der Waals surface area contributed by atoms with Gasteiger partial charge >= 0.3 is 0 Å². The van der Waals surface area contributed by atoms with Crippen LogP contribution < -0.4 is 10.1 Å². The van der Waals surface area contributed by atoms with Gasteiger partial charge in [0.2, 0.25) is 0 Å². The summed E-state index contributed by atoms with van der Waals surface area (Å²) in [7, 11) is 0. The van der Waals surface area contributed by atoms with E-state index in [-0.39, 0.29) is 30.2 Å². The molecule has 0 saturated carbocycles. The third-order valence-electron chi connectivity index (χ3n) is 1.94. The highest BCUT2D eigenvalue weighted by Gasteiger charge is 2.07. The highest BCUT2D eigenvalue weighted by Crippen LogP contribution is 2.20. The Morgan fingerprint density at radius 1 is 1.65 bits per heavy atom. The predicted octanol–water partition coefficient (Wildman–Crippen LogP) is 1.35. The molecule has 1 aromatic rings. The average molecular weight is 262 g/mol. The minimum atomic E-state index is -0.544. The fourth-order valence-electron chi connectivity index (χ4n) is 1.08. The molecule has 0 aromatic heterocycles. The van der Waals surface area contributed by atoms with E-state index in [1.54, 1.807) is 6.92 Å². The van der Waals surface area contributed by atoms with E-state index in [1.807, 2.05) is 0 Å². The van der Waals surface area contributed by atoms with Crippen LogP contribution in [0.25, 0.3) is 0 Å². The molecule has 17 heavy (non-hydrogen) atoms. The van der Waals surface area contributed by atoms with Gasteiger partial charge in [-0.15, -0.1) is 0 Å². The number of ether oxygens (including phenoxy) is 1. The topological polar surface area (TPSA) is 58.6 Å². The Hall–Kier alpha value is -1.33. The molecule has 1 atom stereocenters. The molecular weight excluding hydrogens is 249 g/mol. The fraction of sp³-hybridized carbons (Fsp3) is 0.364. The third-order valence-corrected chi connectivity index (χ3v) is 2.23. The summed E-state index contributed by atoms with van der Waals surface area (Å²) in [6.45, 7) is 1.30. The number of hydrogen-bond acceptors (Lipinski definition) is 3. The smallest absolute Gasteiger partial charge is 0.258 e. The Morgan fingerprint density at radius 3 is 2.94 bits per heavy atom. The first-order chi connectivity index (χ1) is 8.02. The molecule has 0 aliphatic heterocycles. The first-order valence-electron chi connectivity index (χ1n) is 5.01. The van der Waals surface area contributed by atoms with Crippen LogP contribution in [-0.4, -0.2) is 30.3 Å². The number of halogens is 2. The number of amides is 1. The van der Waals surface area contributed by atoms with Crippen molar-refractivity contribution in [1.82, 2.24) is 5.32 Å². The van der Waals surface area contributed by atoms with E-state index in [0.717, 1.165) is 6.07 Å². The Labute approximate surface area is 103 Å². The first kappa shape index (κ1) is 13.7. The monoisotopic (exact) mass is 261 g/mol. The molecule has 0 saturated heterocycles. The van der Waals surface area contributed by atoms with Gasteiger partial charge in [-0.2, -0.15) is 0 Å². The third kappa shape index (κ3) is 4.58. The van der Waals surface area contributed by atoms with E-state index in [1.165, 1.54) is 12.1 Å². The number of carbonyl (C=O) groups excluding carboxylic acids is 1. The quantitative estimate of drug-likeness (QED) is 0.841. The molecule has 0 radical (unpaired) electrons. The molecule has 0 aliphatic rings. The van der Waals surface area contributed by atoms with Gasteiger partial charge in [0.05, 0.1) is 11.6 Å². The van der Waals surface area contributed by atoms with Crippen LogP contribution in [-0.2, 0) is 4.79 Å². The zero-order chi connectivity index (χ0) is 12.8. The summed E-state index contributed by atoms with van der Waals surface area (Å²) in [4.78, 5) is 11.3. The van der Waals surface area contributed by atoms with E-state index < -0.39 is 5.82 Å². The second-order valence-corrected chi connectivity index (χ2v) is 3.92. The largest absolute Gasteiger partial charge is 0.484 e. The molecule has 1 unspecified atom stereocenters. The summed E-state index contributed by atoms with van der Waals surface area (Å²) in [5.74, 6) is -0.604. The van der Waals surface area contributed by atoms with Crippen LogP contribution >= 0.6 is 11.6 Å². The van der Waals surface area contributed by atoms with Gasteiger partial charge < -0.3 is 15.2 Å². The van der Waals surface area contributed by atoms with Crippen molar-refractivity contribution >= 4 is 17.5 Å². The minimum absolute atomic E-state index is 0.0633. The van der Waals surface area contributed by atoms with Crippen molar-refractivity contribution in [2.24, 2.45) is 0 Å². The van der Waals surface area contributed by atoms with Crippen molar-refractivity contribution in [3.05, 3.63) is 29.0 Å². The number of aliphatic hydroxyl groups excluding tert-OH is 1. The summed E-state index contributed by atoms with van der Waals surface area (Å²) in [6, 6.07) is 3.50. The van der Waals surface area contributed by atoms with Crippen LogP contribution in [0.3, 0.4) is 0 Å². The van der Waals surface area contributed by atoms with Gasteiger partial charge in [-0.05, 0) is 19.1 Å². The number of aliphatic hydroxyl groups is 1. The Bertz CT molecular complexity index is 400. The van der Waals surface area contributed by atoms with Crippen molar-refractivity contribution in [1.29, 1.82) is 0 Å². The van der Waals surface area contributed by atoms with Crippen molar-refractivity contribution < 1.29 is 19.0 Å². The molecule has 0 aliphatic carbocycles. The fourth-order valence-corrected chi connectivity index (χ4v) is 1.25. The zero-order valence-electron chi connectivity index (χ0n) is 9.24. The van der Waals surface area contributed by atoms with Crippen LogP contribution in [0.1, 0.15) is 6.92 Å². The maximum Gasteiger partial charge on any atom is 0.258 e. The lowest BCUT2D eigenvalue weighted by Gasteiger charge is -2.11.